The van der Waals surface area contributed by atoms with Crippen molar-refractivity contribution >= 4 is 17.9 Å². The van der Waals surface area contributed by atoms with Gasteiger partial charge in [-0.25, -0.2) is 14.4 Å². The predicted octanol–water partition coefficient (Wildman–Crippen LogP) is 7.31. The van der Waals surface area contributed by atoms with Gasteiger partial charge in [-0.3, -0.25) is 0 Å². The molecule has 0 aromatic heterocycles. The van der Waals surface area contributed by atoms with Gasteiger partial charge in [0.1, 0.15) is 23.0 Å². The van der Waals surface area contributed by atoms with Gasteiger partial charge < -0.3 is 33.5 Å². The number of ether oxygens (including phenoxy) is 6. The molecule has 0 saturated carbocycles. The van der Waals surface area contributed by atoms with Gasteiger partial charge in [0, 0.05) is 17.7 Å². The molecule has 0 saturated heterocycles. The molecule has 256 valence electrons. The smallest absolute Gasteiger partial charge is 0.343 e. The summed E-state index contributed by atoms with van der Waals surface area (Å²) < 4.78 is 32.5. The quantitative estimate of drug-likeness (QED) is 0.0364. The Bertz CT molecular complexity index is 1420. The summed E-state index contributed by atoms with van der Waals surface area (Å²) in [6.07, 6.45) is 8.22. The Hall–Kier alpha value is -5.09. The van der Waals surface area contributed by atoms with Crippen molar-refractivity contribution in [3.8, 4) is 23.0 Å². The van der Waals surface area contributed by atoms with Crippen molar-refractivity contribution in [3.63, 3.8) is 0 Å². The van der Waals surface area contributed by atoms with E-state index in [4.69, 9.17) is 28.4 Å². The fourth-order valence-electron chi connectivity index (χ4n) is 4.32. The number of carbonyl (C=O) groups excluding carboxylic acids is 3. The first kappa shape index (κ1) is 37.4. The molecule has 0 amide bonds. The van der Waals surface area contributed by atoms with Gasteiger partial charge in [0.15, 0.2) is 0 Å². The monoisotopic (exact) mass is 660 g/mol. The molecule has 0 fully saturated rings. The molecule has 0 radical (unpaired) electrons. The minimum atomic E-state index is -1.20. The third-order valence-electron chi connectivity index (χ3n) is 6.97. The summed E-state index contributed by atoms with van der Waals surface area (Å²) in [6, 6.07) is 20.1. The first-order valence-corrected chi connectivity index (χ1v) is 16.1. The summed E-state index contributed by atoms with van der Waals surface area (Å²) in [5.41, 5.74) is 0.937. The lowest BCUT2D eigenvalue weighted by Crippen LogP contribution is -2.09. The lowest BCUT2D eigenvalue weighted by Gasteiger charge is -2.15. The van der Waals surface area contributed by atoms with E-state index in [-0.39, 0.29) is 0 Å². The number of carbonyl (C=O) groups is 3. The Balaban J connectivity index is 1.31. The van der Waals surface area contributed by atoms with Crippen LogP contribution in [0, 0.1) is 0 Å². The first-order valence-electron chi connectivity index (χ1n) is 16.1. The number of unbranched alkanes of at least 4 members (excludes halogenated alkanes) is 6. The average Bonchev–Trinajstić information content (AvgIpc) is 3.11. The summed E-state index contributed by atoms with van der Waals surface area (Å²) >= 11 is 0. The van der Waals surface area contributed by atoms with Gasteiger partial charge in [-0.05, 0) is 124 Å². The second kappa shape index (κ2) is 21.7. The maximum Gasteiger partial charge on any atom is 0.343 e. The van der Waals surface area contributed by atoms with Crippen LogP contribution in [0.1, 0.15) is 73.6 Å². The number of hydrogen-bond acceptors (Lipinski definition) is 10. The molecule has 1 atom stereocenters. The fraction of sp³-hybridized carbons (Fsp3) is 0.342. The Morgan fingerprint density at radius 1 is 0.562 bits per heavy atom. The van der Waals surface area contributed by atoms with E-state index >= 15 is 0 Å². The van der Waals surface area contributed by atoms with E-state index in [0.717, 1.165) is 63.5 Å². The minimum Gasteiger partial charge on any atom is -0.494 e. The Morgan fingerprint density at radius 3 is 1.46 bits per heavy atom. The molecule has 0 aliphatic carbocycles. The molecular weight excluding hydrogens is 616 g/mol. The van der Waals surface area contributed by atoms with E-state index < -0.39 is 24.2 Å². The molecule has 0 spiro atoms. The summed E-state index contributed by atoms with van der Waals surface area (Å²) in [5, 5.41) is 10.5. The van der Waals surface area contributed by atoms with Gasteiger partial charge in [-0.2, -0.15) is 0 Å². The van der Waals surface area contributed by atoms with Crippen molar-refractivity contribution in [2.45, 2.75) is 57.7 Å². The Morgan fingerprint density at radius 2 is 0.979 bits per heavy atom. The van der Waals surface area contributed by atoms with Crippen LogP contribution < -0.4 is 18.9 Å². The lowest BCUT2D eigenvalue weighted by atomic mass is 10.2. The zero-order valence-electron chi connectivity index (χ0n) is 27.2. The molecule has 1 unspecified atom stereocenters. The second-order valence-corrected chi connectivity index (χ2v) is 10.7. The van der Waals surface area contributed by atoms with Crippen LogP contribution in [0.25, 0.3) is 0 Å². The van der Waals surface area contributed by atoms with Crippen LogP contribution in [0.4, 0.5) is 0 Å². The van der Waals surface area contributed by atoms with Gasteiger partial charge in [-0.15, -0.1) is 0 Å². The molecule has 0 heterocycles. The summed E-state index contributed by atoms with van der Waals surface area (Å²) in [5.74, 6) is 0.762. The molecule has 0 aliphatic rings. The van der Waals surface area contributed by atoms with E-state index in [1.54, 1.807) is 72.8 Å². The molecule has 10 nitrogen and oxygen atoms in total. The zero-order chi connectivity index (χ0) is 34.4. The Kier molecular flexibility index (Phi) is 16.9. The minimum absolute atomic E-state index is 0.332. The summed E-state index contributed by atoms with van der Waals surface area (Å²) in [7, 11) is 0. The van der Waals surface area contributed by atoms with E-state index in [1.807, 2.05) is 0 Å². The van der Waals surface area contributed by atoms with E-state index in [9.17, 15) is 19.5 Å². The third kappa shape index (κ3) is 14.6. The molecular formula is C38H44O10. The number of benzene rings is 3. The summed E-state index contributed by atoms with van der Waals surface area (Å²) in [6.45, 7) is 8.61. The third-order valence-corrected chi connectivity index (χ3v) is 6.97. The number of esters is 3. The number of aliphatic hydroxyl groups excluding tert-OH is 1. The van der Waals surface area contributed by atoms with Crippen LogP contribution in [0.3, 0.4) is 0 Å². The molecule has 0 bridgehead atoms. The topological polar surface area (TPSA) is 127 Å². The van der Waals surface area contributed by atoms with Crippen molar-refractivity contribution < 1.29 is 47.9 Å². The maximum absolute atomic E-state index is 12.6. The van der Waals surface area contributed by atoms with Crippen LogP contribution >= 0.6 is 0 Å². The predicted molar refractivity (Wildman–Crippen MR) is 180 cm³/mol. The highest BCUT2D eigenvalue weighted by Crippen LogP contribution is 2.25. The molecule has 0 aliphatic heterocycles. The highest BCUT2D eigenvalue weighted by atomic mass is 16.6. The van der Waals surface area contributed by atoms with Gasteiger partial charge in [-0.1, -0.05) is 13.2 Å². The standard InChI is InChI=1S/C38H44O10/c1-3-35(39)45-27-11-7-5-9-25-43-31-17-13-29(14-18-31)37(41)47-33-21-23-34(24-22-33)48-38(42)30-15-19-32(20-16-30)44-26-10-6-8-12-28-46-36(40)4-2/h3-4,13-24,37,41H,1-2,5-12,25-28H2. The van der Waals surface area contributed by atoms with Gasteiger partial charge >= 0.3 is 17.9 Å². The molecule has 1 N–H and O–H groups in total. The lowest BCUT2D eigenvalue weighted by molar-refractivity contribution is -0.138. The SMILES string of the molecule is C=CC(=O)OCCCCCCOc1ccc(C(=O)Oc2ccc(OC(O)c3ccc(OCCCCCCOC(=O)C=C)cc3)cc2)cc1. The average molecular weight is 661 g/mol. The molecule has 3 rings (SSSR count). The van der Waals surface area contributed by atoms with Gasteiger partial charge in [0.2, 0.25) is 6.29 Å². The molecule has 3 aromatic carbocycles. The first-order chi connectivity index (χ1) is 23.4. The van der Waals surface area contributed by atoms with Gasteiger partial charge in [0.05, 0.1) is 32.0 Å². The highest BCUT2D eigenvalue weighted by molar-refractivity contribution is 5.91. The Labute approximate surface area is 281 Å². The molecule has 10 heteroatoms. The van der Waals surface area contributed by atoms with Gasteiger partial charge in [0.25, 0.3) is 0 Å². The highest BCUT2D eigenvalue weighted by Gasteiger charge is 2.12. The van der Waals surface area contributed by atoms with E-state index in [2.05, 4.69) is 13.2 Å². The normalized spacial score (nSPS) is 11.1. The number of rotatable bonds is 23. The number of hydrogen-bond donors (Lipinski definition) is 1. The summed E-state index contributed by atoms with van der Waals surface area (Å²) in [4.78, 5) is 34.6. The van der Waals surface area contributed by atoms with Crippen LogP contribution in [0.5, 0.6) is 23.0 Å². The van der Waals surface area contributed by atoms with Crippen molar-refractivity contribution in [1.29, 1.82) is 0 Å². The van der Waals surface area contributed by atoms with Crippen LogP contribution in [0.2, 0.25) is 0 Å². The van der Waals surface area contributed by atoms with Crippen LogP contribution in [-0.2, 0) is 19.1 Å². The fourth-order valence-corrected chi connectivity index (χ4v) is 4.32. The van der Waals surface area contributed by atoms with Crippen molar-refractivity contribution in [1.82, 2.24) is 0 Å². The van der Waals surface area contributed by atoms with Crippen molar-refractivity contribution in [2.75, 3.05) is 26.4 Å². The molecule has 3 aromatic rings. The van der Waals surface area contributed by atoms with E-state index in [1.165, 1.54) is 0 Å². The zero-order valence-corrected chi connectivity index (χ0v) is 27.2. The molecule has 48 heavy (non-hydrogen) atoms. The second-order valence-electron chi connectivity index (χ2n) is 10.7. The van der Waals surface area contributed by atoms with Crippen LogP contribution in [0.15, 0.2) is 98.1 Å². The van der Waals surface area contributed by atoms with Crippen LogP contribution in [-0.4, -0.2) is 49.4 Å². The van der Waals surface area contributed by atoms with E-state index in [0.29, 0.717) is 60.6 Å². The maximum atomic E-state index is 12.6. The largest absolute Gasteiger partial charge is 0.494 e. The number of aliphatic hydroxyl groups is 1. The van der Waals surface area contributed by atoms with Crippen molar-refractivity contribution in [2.24, 2.45) is 0 Å². The van der Waals surface area contributed by atoms with Crippen molar-refractivity contribution in [3.05, 3.63) is 109 Å².